The van der Waals surface area contributed by atoms with E-state index in [9.17, 15) is 13.2 Å². The van der Waals surface area contributed by atoms with Gasteiger partial charge in [0.25, 0.3) is 5.91 Å². The van der Waals surface area contributed by atoms with Gasteiger partial charge in [-0.2, -0.15) is 4.31 Å². The van der Waals surface area contributed by atoms with Gasteiger partial charge in [-0.1, -0.05) is 30.2 Å². The number of halogens is 1. The molecular weight excluding hydrogens is 450 g/mol. The molecule has 2 aliphatic rings. The minimum atomic E-state index is -3.72. The van der Waals surface area contributed by atoms with Gasteiger partial charge in [-0.15, -0.1) is 0 Å². The maximum Gasteiger partial charge on any atom is 0.257 e. The number of nitrogens with zero attached hydrogens (tertiary/aromatic N) is 2. The van der Waals surface area contributed by atoms with Crippen LogP contribution < -0.4 is 5.32 Å². The number of ether oxygens (including phenoxy) is 1. The van der Waals surface area contributed by atoms with Gasteiger partial charge in [-0.3, -0.25) is 9.69 Å². The highest BCUT2D eigenvalue weighted by atomic mass is 35.5. The summed E-state index contributed by atoms with van der Waals surface area (Å²) in [5.41, 5.74) is 1.95. The molecule has 1 N–H and O–H groups in total. The van der Waals surface area contributed by atoms with Gasteiger partial charge in [0.2, 0.25) is 10.0 Å². The summed E-state index contributed by atoms with van der Waals surface area (Å²) in [5.74, 6) is -0.446. The van der Waals surface area contributed by atoms with Crippen LogP contribution in [0.2, 0.25) is 5.02 Å². The molecule has 0 radical (unpaired) electrons. The summed E-state index contributed by atoms with van der Waals surface area (Å²) < 4.78 is 32.4. The zero-order valence-electron chi connectivity index (χ0n) is 17.9. The number of rotatable bonds is 6. The smallest absolute Gasteiger partial charge is 0.257 e. The third kappa shape index (κ3) is 5.50. The van der Waals surface area contributed by atoms with Crippen LogP contribution in [-0.2, 0) is 21.3 Å². The van der Waals surface area contributed by atoms with E-state index < -0.39 is 15.9 Å². The Morgan fingerprint density at radius 3 is 2.34 bits per heavy atom. The van der Waals surface area contributed by atoms with Crippen LogP contribution in [0.15, 0.2) is 47.4 Å². The van der Waals surface area contributed by atoms with E-state index >= 15 is 0 Å². The third-order valence-electron chi connectivity index (χ3n) is 5.86. The molecule has 0 aliphatic carbocycles. The maximum atomic E-state index is 12.9. The van der Waals surface area contributed by atoms with Crippen LogP contribution in [0.3, 0.4) is 0 Å². The van der Waals surface area contributed by atoms with Crippen molar-refractivity contribution in [1.82, 2.24) is 9.21 Å². The first-order chi connectivity index (χ1) is 15.4. The Kier molecular flexibility index (Phi) is 7.48. The summed E-state index contributed by atoms with van der Waals surface area (Å²) in [4.78, 5) is 15.3. The molecule has 0 spiro atoms. The number of carbonyl (C=O) groups is 1. The molecule has 2 heterocycles. The highest BCUT2D eigenvalue weighted by molar-refractivity contribution is 7.89. The topological polar surface area (TPSA) is 79.0 Å². The Bertz CT molecular complexity index is 1050. The molecule has 0 unspecified atom stereocenters. The molecule has 4 rings (SSSR count). The number of likely N-dealkylation sites (tertiary alicyclic amines) is 1. The number of amides is 1. The van der Waals surface area contributed by atoms with E-state index in [0.29, 0.717) is 18.9 Å². The molecule has 2 aromatic rings. The van der Waals surface area contributed by atoms with Crippen LogP contribution in [0.4, 0.5) is 5.69 Å². The number of morpholine rings is 1. The number of piperidine rings is 1. The molecule has 9 heteroatoms. The molecule has 7 nitrogen and oxygen atoms in total. The number of sulfonamides is 1. The number of benzene rings is 2. The first-order valence-corrected chi connectivity index (χ1v) is 12.8. The second-order valence-electron chi connectivity index (χ2n) is 8.15. The highest BCUT2D eigenvalue weighted by Crippen LogP contribution is 2.25. The van der Waals surface area contributed by atoms with E-state index in [1.165, 1.54) is 47.3 Å². The average molecular weight is 478 g/mol. The van der Waals surface area contributed by atoms with Gasteiger partial charge in [0.05, 0.1) is 28.7 Å². The van der Waals surface area contributed by atoms with Crippen LogP contribution >= 0.6 is 11.6 Å². The first kappa shape index (κ1) is 23.2. The fourth-order valence-corrected chi connectivity index (χ4v) is 5.68. The van der Waals surface area contributed by atoms with Gasteiger partial charge in [0.15, 0.2) is 0 Å². The summed E-state index contributed by atoms with van der Waals surface area (Å²) >= 11 is 6.23. The number of nitrogens with one attached hydrogen (secondary N) is 1. The molecule has 0 saturated carbocycles. The Balaban J connectivity index is 1.45. The molecule has 2 aromatic carbocycles. The van der Waals surface area contributed by atoms with E-state index in [1.807, 2.05) is 24.3 Å². The van der Waals surface area contributed by atoms with Crippen molar-refractivity contribution >= 4 is 33.2 Å². The lowest BCUT2D eigenvalue weighted by atomic mass is 10.1. The van der Waals surface area contributed by atoms with Gasteiger partial charge in [0, 0.05) is 25.3 Å². The van der Waals surface area contributed by atoms with Crippen molar-refractivity contribution in [2.45, 2.75) is 30.7 Å². The maximum absolute atomic E-state index is 12.9. The number of hydrogen-bond acceptors (Lipinski definition) is 5. The Labute approximate surface area is 194 Å². The number of anilines is 1. The van der Waals surface area contributed by atoms with Crippen molar-refractivity contribution in [3.63, 3.8) is 0 Å². The van der Waals surface area contributed by atoms with Crippen LogP contribution in [0, 0.1) is 0 Å². The van der Waals surface area contributed by atoms with E-state index in [2.05, 4.69) is 10.2 Å². The van der Waals surface area contributed by atoms with Crippen molar-refractivity contribution in [2.24, 2.45) is 0 Å². The van der Waals surface area contributed by atoms with E-state index in [4.69, 9.17) is 16.3 Å². The quantitative estimate of drug-likeness (QED) is 0.687. The molecule has 32 heavy (non-hydrogen) atoms. The van der Waals surface area contributed by atoms with Crippen molar-refractivity contribution in [1.29, 1.82) is 0 Å². The molecule has 2 aliphatic heterocycles. The van der Waals surface area contributed by atoms with Gasteiger partial charge in [-0.25, -0.2) is 8.42 Å². The second kappa shape index (κ2) is 10.3. The summed E-state index contributed by atoms with van der Waals surface area (Å²) in [6.07, 6.45) is 3.80. The second-order valence-corrected chi connectivity index (χ2v) is 10.5. The van der Waals surface area contributed by atoms with Crippen molar-refractivity contribution in [3.8, 4) is 0 Å². The largest absolute Gasteiger partial charge is 0.379 e. The van der Waals surface area contributed by atoms with Crippen molar-refractivity contribution in [2.75, 3.05) is 44.7 Å². The zero-order chi connectivity index (χ0) is 22.6. The van der Waals surface area contributed by atoms with E-state index in [-0.39, 0.29) is 28.6 Å². The predicted octanol–water partition coefficient (Wildman–Crippen LogP) is 3.60. The lowest BCUT2D eigenvalue weighted by Gasteiger charge is -2.26. The molecular formula is C23H28ClN3O4S. The number of carbonyl (C=O) groups excluding carboxylic acids is 1. The monoisotopic (exact) mass is 477 g/mol. The molecule has 2 fully saturated rings. The van der Waals surface area contributed by atoms with E-state index in [0.717, 1.165) is 19.6 Å². The normalized spacial score (nSPS) is 18.4. The molecule has 2 saturated heterocycles. The minimum Gasteiger partial charge on any atom is -0.379 e. The number of hydrogen-bond donors (Lipinski definition) is 1. The summed E-state index contributed by atoms with van der Waals surface area (Å²) in [6.45, 7) is 4.44. The van der Waals surface area contributed by atoms with Gasteiger partial charge < -0.3 is 10.1 Å². The van der Waals surface area contributed by atoms with Crippen LogP contribution in [0.25, 0.3) is 0 Å². The fraction of sp³-hybridized carbons (Fsp3) is 0.435. The van der Waals surface area contributed by atoms with Crippen LogP contribution in [0.1, 0.15) is 35.2 Å². The lowest BCUT2D eigenvalue weighted by molar-refractivity contribution is 0.0730. The van der Waals surface area contributed by atoms with Crippen LogP contribution in [-0.4, -0.2) is 62.9 Å². The SMILES string of the molecule is O=C(Nc1ccc(CN2CCCCC2)cc1)c1cc(S(=O)(=O)N2CCOCC2)ccc1Cl. The minimum absolute atomic E-state index is 0.0471. The van der Waals surface area contributed by atoms with Gasteiger partial charge in [0.1, 0.15) is 0 Å². The molecule has 0 bridgehead atoms. The summed E-state index contributed by atoms with van der Waals surface area (Å²) in [7, 11) is -3.72. The fourth-order valence-electron chi connectivity index (χ4n) is 4.04. The van der Waals surface area contributed by atoms with Crippen molar-refractivity contribution < 1.29 is 17.9 Å². The molecule has 0 atom stereocenters. The average Bonchev–Trinajstić information content (AvgIpc) is 2.82. The predicted molar refractivity (Wildman–Crippen MR) is 125 cm³/mol. The third-order valence-corrected chi connectivity index (χ3v) is 8.08. The molecule has 172 valence electrons. The van der Waals surface area contributed by atoms with E-state index in [1.54, 1.807) is 0 Å². The van der Waals surface area contributed by atoms with Crippen molar-refractivity contribution in [3.05, 3.63) is 58.6 Å². The highest BCUT2D eigenvalue weighted by Gasteiger charge is 2.27. The van der Waals surface area contributed by atoms with Crippen LogP contribution in [0.5, 0.6) is 0 Å². The van der Waals surface area contributed by atoms with Gasteiger partial charge in [-0.05, 0) is 61.8 Å². The summed E-state index contributed by atoms with van der Waals surface area (Å²) in [5, 5.41) is 3.02. The zero-order valence-corrected chi connectivity index (χ0v) is 19.5. The Morgan fingerprint density at radius 2 is 1.66 bits per heavy atom. The standard InChI is InChI=1S/C23H28ClN3O4S/c24-22-9-8-20(32(29,30)27-12-14-31-15-13-27)16-21(22)23(28)25-19-6-4-18(5-7-19)17-26-10-2-1-3-11-26/h4-9,16H,1-3,10-15,17H2,(H,25,28). The molecule has 0 aromatic heterocycles. The molecule has 1 amide bonds. The summed E-state index contributed by atoms with van der Waals surface area (Å²) in [6, 6.07) is 12.0. The first-order valence-electron chi connectivity index (χ1n) is 10.9. The lowest BCUT2D eigenvalue weighted by Crippen LogP contribution is -2.40. The Hall–Kier alpha value is -1.97. The van der Waals surface area contributed by atoms with Gasteiger partial charge >= 0.3 is 0 Å². The Morgan fingerprint density at radius 1 is 0.969 bits per heavy atom.